The molecule has 2 aromatic rings. The smallest absolute Gasteiger partial charge is 0.290 e. The van der Waals surface area contributed by atoms with Gasteiger partial charge in [-0.15, -0.1) is 0 Å². The number of aliphatic imine (C=N–C) groups is 1. The van der Waals surface area contributed by atoms with Crippen LogP contribution < -0.4 is 16.0 Å². The summed E-state index contributed by atoms with van der Waals surface area (Å²) >= 11 is 0. The van der Waals surface area contributed by atoms with Gasteiger partial charge in [-0.1, -0.05) is 60.7 Å². The first-order chi connectivity index (χ1) is 19.0. The molecule has 1 heterocycles. The van der Waals surface area contributed by atoms with Gasteiger partial charge in [0.1, 0.15) is 5.82 Å². The van der Waals surface area contributed by atoms with Crippen LogP contribution >= 0.6 is 0 Å². The Morgan fingerprint density at radius 1 is 1.08 bits per heavy atom. The number of aldehydes is 1. The molecular weight excluding hydrogens is 498 g/mol. The van der Waals surface area contributed by atoms with Crippen molar-refractivity contribution in [2.45, 2.75) is 13.1 Å². The van der Waals surface area contributed by atoms with Crippen molar-refractivity contribution in [1.82, 2.24) is 15.5 Å². The van der Waals surface area contributed by atoms with E-state index in [4.69, 9.17) is 20.3 Å². The van der Waals surface area contributed by atoms with Gasteiger partial charge in [0.2, 0.25) is 12.3 Å². The zero-order chi connectivity index (χ0) is 28.0. The molecule has 1 amide bonds. The molecule has 1 aliphatic heterocycles. The summed E-state index contributed by atoms with van der Waals surface area (Å²) in [4.78, 5) is 29.8. The molecule has 0 spiro atoms. The lowest BCUT2D eigenvalue weighted by Gasteiger charge is -2.31. The summed E-state index contributed by atoms with van der Waals surface area (Å²) in [5, 5.41) is 25.2. The van der Waals surface area contributed by atoms with Gasteiger partial charge in [-0.25, -0.2) is 0 Å². The average molecular weight is 532 g/mol. The number of ether oxygens (including phenoxy) is 2. The number of nitrogens with one attached hydrogen (secondary N) is 5. The lowest BCUT2D eigenvalue weighted by molar-refractivity contribution is -0.110. The standard InChI is InChI=1S/C28H33N7O4/c1-3-9-22(27(32-19-37)35-14-16-38-17-15-35)26(29)39-28(30)34-24(18-36)33-25(20-10-5-4-6-11-20)21-12-7-8-13-23(21)31-2/h3-13,18-19,24,29,31H,14-17H2,1-2H3,(H2,30,34)(H,32,37)/b9-3-,27-22-,29-26?,33-25-. The third-order valence-electron chi connectivity index (χ3n) is 5.73. The molecule has 1 unspecified atom stereocenters. The summed E-state index contributed by atoms with van der Waals surface area (Å²) in [6.45, 7) is 3.73. The predicted molar refractivity (Wildman–Crippen MR) is 151 cm³/mol. The van der Waals surface area contributed by atoms with E-state index < -0.39 is 12.2 Å². The number of carbonyl (C=O) groups excluding carboxylic acids is 2. The molecule has 0 aliphatic carbocycles. The SMILES string of the molecule is C/C=C\C(C(=N)OC(=N)NC(C=O)/N=C(/c1ccccc1)c1ccccc1NC)=C(/NC=O)N1CCOCC1. The van der Waals surface area contributed by atoms with Crippen molar-refractivity contribution in [3.63, 3.8) is 0 Å². The molecule has 11 nitrogen and oxygen atoms in total. The monoisotopic (exact) mass is 531 g/mol. The third-order valence-corrected chi connectivity index (χ3v) is 5.73. The number of benzene rings is 2. The summed E-state index contributed by atoms with van der Waals surface area (Å²) in [5.41, 5.74) is 3.16. The summed E-state index contributed by atoms with van der Waals surface area (Å²) in [6, 6.07) is 16.4. The van der Waals surface area contributed by atoms with Crippen LogP contribution in [0.4, 0.5) is 5.69 Å². The Morgan fingerprint density at radius 3 is 2.41 bits per heavy atom. The number of anilines is 1. The van der Waals surface area contributed by atoms with E-state index in [1.807, 2.05) is 59.5 Å². The van der Waals surface area contributed by atoms with E-state index in [9.17, 15) is 9.59 Å². The van der Waals surface area contributed by atoms with E-state index >= 15 is 0 Å². The summed E-state index contributed by atoms with van der Waals surface area (Å²) < 4.78 is 10.8. The van der Waals surface area contributed by atoms with Crippen LogP contribution in [0.2, 0.25) is 0 Å². The molecule has 1 saturated heterocycles. The van der Waals surface area contributed by atoms with Crippen LogP contribution in [0.25, 0.3) is 0 Å². The number of para-hydroxylation sites is 1. The summed E-state index contributed by atoms with van der Waals surface area (Å²) in [6.07, 6.45) is 3.21. The van der Waals surface area contributed by atoms with E-state index in [0.29, 0.717) is 50.5 Å². The van der Waals surface area contributed by atoms with Crippen molar-refractivity contribution in [3.8, 4) is 0 Å². The second-order valence-electron chi connectivity index (χ2n) is 8.25. The molecule has 1 fully saturated rings. The van der Waals surface area contributed by atoms with E-state index in [-0.39, 0.29) is 11.5 Å². The number of allylic oxidation sites excluding steroid dienone is 1. The van der Waals surface area contributed by atoms with Crippen molar-refractivity contribution in [3.05, 3.63) is 89.3 Å². The Balaban J connectivity index is 1.87. The fourth-order valence-electron chi connectivity index (χ4n) is 3.97. The largest absolute Gasteiger partial charge is 0.407 e. The molecule has 1 atom stereocenters. The minimum Gasteiger partial charge on any atom is -0.407 e. The van der Waals surface area contributed by atoms with E-state index in [0.717, 1.165) is 16.8 Å². The maximum absolute atomic E-state index is 12.0. The van der Waals surface area contributed by atoms with Crippen LogP contribution in [-0.2, 0) is 19.1 Å². The summed E-state index contributed by atoms with van der Waals surface area (Å²) in [7, 11) is 1.80. The van der Waals surface area contributed by atoms with Gasteiger partial charge in [0.15, 0.2) is 12.5 Å². The molecule has 39 heavy (non-hydrogen) atoms. The maximum atomic E-state index is 12.0. The van der Waals surface area contributed by atoms with Gasteiger partial charge in [-0.3, -0.25) is 25.4 Å². The van der Waals surface area contributed by atoms with Crippen molar-refractivity contribution in [2.24, 2.45) is 4.99 Å². The molecule has 2 aromatic carbocycles. The number of carbonyl (C=O) groups is 2. The number of hydrogen-bond acceptors (Lipinski definition) is 9. The lowest BCUT2D eigenvalue weighted by atomic mass is 10.0. The van der Waals surface area contributed by atoms with Gasteiger partial charge in [-0.2, -0.15) is 0 Å². The molecule has 0 saturated carbocycles. The van der Waals surface area contributed by atoms with Crippen LogP contribution in [0, 0.1) is 10.8 Å². The lowest BCUT2D eigenvalue weighted by Crippen LogP contribution is -2.42. The van der Waals surface area contributed by atoms with Gasteiger partial charge in [0.05, 0.1) is 24.5 Å². The van der Waals surface area contributed by atoms with Crippen LogP contribution in [0.1, 0.15) is 18.1 Å². The first kappa shape index (κ1) is 28.8. The molecule has 0 bridgehead atoms. The minimum atomic E-state index is -1.17. The minimum absolute atomic E-state index is 0.261. The second kappa shape index (κ2) is 14.8. The van der Waals surface area contributed by atoms with Gasteiger partial charge in [0, 0.05) is 37.0 Å². The Bertz CT molecular complexity index is 1250. The van der Waals surface area contributed by atoms with Crippen LogP contribution in [0.15, 0.2) is 83.1 Å². The van der Waals surface area contributed by atoms with Crippen molar-refractivity contribution >= 4 is 36.0 Å². The molecular formula is C28H33N7O4. The number of morpholine rings is 1. The Morgan fingerprint density at radius 2 is 1.77 bits per heavy atom. The van der Waals surface area contributed by atoms with Crippen LogP contribution in [0.5, 0.6) is 0 Å². The fraction of sp³-hybridized carbons (Fsp3) is 0.250. The van der Waals surface area contributed by atoms with E-state index in [1.54, 1.807) is 26.1 Å². The van der Waals surface area contributed by atoms with Gasteiger partial charge in [0.25, 0.3) is 6.02 Å². The number of amidine groups is 1. The Hall–Kier alpha value is -4.77. The zero-order valence-corrected chi connectivity index (χ0v) is 21.9. The van der Waals surface area contributed by atoms with Crippen molar-refractivity contribution < 1.29 is 19.1 Å². The summed E-state index contributed by atoms with van der Waals surface area (Å²) in [5.74, 6) is -0.0249. The van der Waals surface area contributed by atoms with E-state index in [1.165, 1.54) is 0 Å². The topological polar surface area (TPSA) is 152 Å². The highest BCUT2D eigenvalue weighted by Crippen LogP contribution is 2.20. The van der Waals surface area contributed by atoms with Gasteiger partial charge >= 0.3 is 0 Å². The zero-order valence-electron chi connectivity index (χ0n) is 21.9. The average Bonchev–Trinajstić information content (AvgIpc) is 2.97. The van der Waals surface area contributed by atoms with Crippen molar-refractivity contribution in [2.75, 3.05) is 38.7 Å². The third kappa shape index (κ3) is 7.86. The number of nitrogens with zero attached hydrogens (tertiary/aromatic N) is 2. The molecule has 0 aromatic heterocycles. The molecule has 204 valence electrons. The molecule has 11 heteroatoms. The van der Waals surface area contributed by atoms with Gasteiger partial charge in [-0.05, 0) is 13.0 Å². The van der Waals surface area contributed by atoms with Crippen LogP contribution in [0.3, 0.4) is 0 Å². The number of rotatable bonds is 11. The Labute approximate surface area is 227 Å². The first-order valence-electron chi connectivity index (χ1n) is 12.4. The Kier molecular flexibility index (Phi) is 11.0. The highest BCUT2D eigenvalue weighted by Gasteiger charge is 2.22. The van der Waals surface area contributed by atoms with E-state index in [2.05, 4.69) is 20.9 Å². The second-order valence-corrected chi connectivity index (χ2v) is 8.25. The first-order valence-corrected chi connectivity index (χ1v) is 12.4. The number of hydrogen-bond donors (Lipinski definition) is 5. The van der Waals surface area contributed by atoms with Crippen LogP contribution in [-0.4, -0.2) is 74.7 Å². The normalized spacial score (nSPS) is 15.1. The molecule has 3 rings (SSSR count). The number of amides is 1. The van der Waals surface area contributed by atoms with Crippen molar-refractivity contribution in [1.29, 1.82) is 10.8 Å². The quantitative estimate of drug-likeness (QED) is 0.129. The molecule has 5 N–H and O–H groups in total. The fourth-order valence-corrected chi connectivity index (χ4v) is 3.97. The predicted octanol–water partition coefficient (Wildman–Crippen LogP) is 2.47. The molecule has 0 radical (unpaired) electrons. The maximum Gasteiger partial charge on any atom is 0.290 e. The van der Waals surface area contributed by atoms with Gasteiger partial charge < -0.3 is 30.3 Å². The highest BCUT2D eigenvalue weighted by molar-refractivity contribution is 6.16. The molecule has 1 aliphatic rings. The highest BCUT2D eigenvalue weighted by atomic mass is 16.5.